The lowest BCUT2D eigenvalue weighted by Gasteiger charge is -2.28. The molecule has 0 aromatic heterocycles. The number of benzene rings is 1. The highest BCUT2D eigenvalue weighted by Gasteiger charge is 2.36. The number of anilines is 1. The summed E-state index contributed by atoms with van der Waals surface area (Å²) in [5.74, 6) is -0.171. The van der Waals surface area contributed by atoms with Gasteiger partial charge < -0.3 is 10.2 Å². The van der Waals surface area contributed by atoms with Gasteiger partial charge in [0.15, 0.2) is 0 Å². The minimum atomic E-state index is -3.48. The maximum Gasteiger partial charge on any atom is 0.243 e. The summed E-state index contributed by atoms with van der Waals surface area (Å²) in [5, 5.41) is 2.66. The number of sulfonamides is 1. The number of carbonyl (C=O) groups is 1. The number of rotatable bonds is 5. The molecule has 2 aliphatic rings. The first-order chi connectivity index (χ1) is 11.5. The lowest BCUT2D eigenvalue weighted by Crippen LogP contribution is -2.42. The van der Waals surface area contributed by atoms with E-state index < -0.39 is 10.0 Å². The summed E-state index contributed by atoms with van der Waals surface area (Å²) in [5.41, 5.74) is 0.608. The molecule has 1 unspecified atom stereocenters. The van der Waals surface area contributed by atoms with E-state index in [-0.39, 0.29) is 11.9 Å². The number of nitrogens with one attached hydrogen (secondary N) is 1. The topological polar surface area (TPSA) is 69.7 Å². The minimum absolute atomic E-state index is 0.0723. The van der Waals surface area contributed by atoms with Crippen molar-refractivity contribution < 1.29 is 13.2 Å². The van der Waals surface area contributed by atoms with Crippen molar-refractivity contribution in [1.82, 2.24) is 9.21 Å². The second-order valence-electron chi connectivity index (χ2n) is 6.63. The fourth-order valence-electron chi connectivity index (χ4n) is 3.62. The molecule has 0 spiro atoms. The molecule has 0 radical (unpaired) electrons. The summed E-state index contributed by atoms with van der Waals surface area (Å²) >= 11 is 0. The van der Waals surface area contributed by atoms with Gasteiger partial charge in [-0.25, -0.2) is 8.42 Å². The third kappa shape index (κ3) is 3.79. The molecule has 1 N–H and O–H groups in total. The minimum Gasteiger partial charge on any atom is -0.326 e. The van der Waals surface area contributed by atoms with E-state index in [0.717, 1.165) is 32.5 Å². The zero-order valence-electron chi connectivity index (χ0n) is 14.1. The maximum absolute atomic E-state index is 13.0. The largest absolute Gasteiger partial charge is 0.326 e. The first-order valence-corrected chi connectivity index (χ1v) is 10.0. The first kappa shape index (κ1) is 17.4. The molecule has 1 aromatic carbocycles. The monoisotopic (exact) mass is 351 g/mol. The summed E-state index contributed by atoms with van der Waals surface area (Å²) in [6.07, 6.45) is 4.27. The molecular formula is C17H25N3O3S. The molecule has 132 valence electrons. The third-order valence-electron chi connectivity index (χ3n) is 4.77. The van der Waals surface area contributed by atoms with Gasteiger partial charge in [0, 0.05) is 31.7 Å². The van der Waals surface area contributed by atoms with Crippen LogP contribution in [-0.2, 0) is 14.8 Å². The summed E-state index contributed by atoms with van der Waals surface area (Å²) in [6.45, 7) is 5.01. The molecule has 2 aliphatic heterocycles. The molecule has 2 fully saturated rings. The molecule has 1 aromatic rings. The van der Waals surface area contributed by atoms with Crippen molar-refractivity contribution in [1.29, 1.82) is 0 Å². The highest BCUT2D eigenvalue weighted by molar-refractivity contribution is 7.89. The van der Waals surface area contributed by atoms with Crippen molar-refractivity contribution in [2.75, 3.05) is 31.5 Å². The van der Waals surface area contributed by atoms with Crippen LogP contribution in [0.1, 0.15) is 32.6 Å². The van der Waals surface area contributed by atoms with E-state index in [2.05, 4.69) is 10.2 Å². The number of nitrogens with zero attached hydrogens (tertiary/aromatic N) is 2. The van der Waals surface area contributed by atoms with Crippen molar-refractivity contribution in [3.63, 3.8) is 0 Å². The number of hydrogen-bond donors (Lipinski definition) is 1. The molecule has 0 saturated carbocycles. The normalized spacial score (nSPS) is 22.8. The van der Waals surface area contributed by atoms with Gasteiger partial charge in [-0.05, 0) is 63.0 Å². The molecule has 3 rings (SSSR count). The third-order valence-corrected chi connectivity index (χ3v) is 6.74. The molecule has 1 amide bonds. The number of amides is 1. The van der Waals surface area contributed by atoms with E-state index in [1.165, 1.54) is 19.8 Å². The van der Waals surface area contributed by atoms with Gasteiger partial charge in [0.05, 0.1) is 4.90 Å². The summed E-state index contributed by atoms with van der Waals surface area (Å²) in [4.78, 5) is 13.7. The van der Waals surface area contributed by atoms with Gasteiger partial charge >= 0.3 is 0 Å². The molecule has 1 atom stereocenters. The van der Waals surface area contributed by atoms with Crippen molar-refractivity contribution in [2.45, 2.75) is 43.5 Å². The second kappa shape index (κ2) is 7.21. The van der Waals surface area contributed by atoms with Crippen LogP contribution in [0, 0.1) is 0 Å². The predicted octanol–water partition coefficient (Wildman–Crippen LogP) is 1.89. The maximum atomic E-state index is 13.0. The van der Waals surface area contributed by atoms with Crippen molar-refractivity contribution in [3.8, 4) is 0 Å². The molecule has 0 bridgehead atoms. The molecule has 2 saturated heterocycles. The van der Waals surface area contributed by atoms with Crippen LogP contribution in [0.2, 0.25) is 0 Å². The summed E-state index contributed by atoms with van der Waals surface area (Å²) < 4.78 is 27.6. The van der Waals surface area contributed by atoms with Crippen molar-refractivity contribution in [2.24, 2.45) is 0 Å². The van der Waals surface area contributed by atoms with E-state index in [9.17, 15) is 13.2 Å². The van der Waals surface area contributed by atoms with Gasteiger partial charge in [-0.3, -0.25) is 4.79 Å². The summed E-state index contributed by atoms with van der Waals surface area (Å²) in [6, 6.07) is 6.50. The van der Waals surface area contributed by atoms with Crippen molar-refractivity contribution in [3.05, 3.63) is 24.3 Å². The van der Waals surface area contributed by atoms with E-state index in [1.54, 1.807) is 28.6 Å². The van der Waals surface area contributed by atoms with Gasteiger partial charge in [-0.1, -0.05) is 0 Å². The smallest absolute Gasteiger partial charge is 0.243 e. The molecule has 24 heavy (non-hydrogen) atoms. The second-order valence-corrected chi connectivity index (χ2v) is 8.52. The van der Waals surface area contributed by atoms with Crippen LogP contribution in [0.15, 0.2) is 29.2 Å². The molecule has 2 heterocycles. The lowest BCUT2D eigenvalue weighted by molar-refractivity contribution is -0.114. The van der Waals surface area contributed by atoms with Crippen LogP contribution >= 0.6 is 0 Å². The predicted molar refractivity (Wildman–Crippen MR) is 93.3 cm³/mol. The molecular weight excluding hydrogens is 326 g/mol. The van der Waals surface area contributed by atoms with Crippen LogP contribution in [0.4, 0.5) is 5.69 Å². The molecule has 6 nitrogen and oxygen atoms in total. The SMILES string of the molecule is CC(=O)Nc1ccc(S(=O)(=O)N2CCCC2CN2CCCC2)cc1. The van der Waals surface area contributed by atoms with E-state index in [4.69, 9.17) is 0 Å². The van der Waals surface area contributed by atoms with Gasteiger partial charge in [0.25, 0.3) is 0 Å². The van der Waals surface area contributed by atoms with Crippen molar-refractivity contribution >= 4 is 21.6 Å². The molecule has 0 aliphatic carbocycles. The van der Waals surface area contributed by atoms with E-state index in [1.807, 2.05) is 0 Å². The van der Waals surface area contributed by atoms with Gasteiger partial charge in [-0.2, -0.15) is 4.31 Å². The van der Waals surface area contributed by atoms with Gasteiger partial charge in [0.1, 0.15) is 0 Å². The lowest BCUT2D eigenvalue weighted by atomic mass is 10.2. The zero-order chi connectivity index (χ0) is 17.2. The Balaban J connectivity index is 1.74. The van der Waals surface area contributed by atoms with Crippen LogP contribution in [-0.4, -0.2) is 55.8 Å². The Morgan fingerprint density at radius 3 is 2.42 bits per heavy atom. The summed E-state index contributed by atoms with van der Waals surface area (Å²) in [7, 11) is -3.48. The highest BCUT2D eigenvalue weighted by Crippen LogP contribution is 2.28. The average Bonchev–Trinajstić information content (AvgIpc) is 3.19. The molecule has 7 heteroatoms. The number of likely N-dealkylation sites (tertiary alicyclic amines) is 1. The standard InChI is InChI=1S/C17H25N3O3S/c1-14(21)18-15-6-8-17(9-7-15)24(22,23)20-12-4-5-16(20)13-19-10-2-3-11-19/h6-9,16H,2-5,10-13H2,1H3,(H,18,21). The average molecular weight is 351 g/mol. The highest BCUT2D eigenvalue weighted by atomic mass is 32.2. The van der Waals surface area contributed by atoms with E-state index >= 15 is 0 Å². The quantitative estimate of drug-likeness (QED) is 0.880. The Morgan fingerprint density at radius 1 is 1.12 bits per heavy atom. The Bertz CT molecular complexity index is 682. The van der Waals surface area contributed by atoms with Crippen LogP contribution in [0.3, 0.4) is 0 Å². The zero-order valence-corrected chi connectivity index (χ0v) is 14.9. The van der Waals surface area contributed by atoms with Crippen LogP contribution in [0.5, 0.6) is 0 Å². The van der Waals surface area contributed by atoms with Crippen LogP contribution in [0.25, 0.3) is 0 Å². The number of hydrogen-bond acceptors (Lipinski definition) is 4. The van der Waals surface area contributed by atoms with Crippen LogP contribution < -0.4 is 5.32 Å². The Hall–Kier alpha value is -1.44. The Morgan fingerprint density at radius 2 is 1.79 bits per heavy atom. The van der Waals surface area contributed by atoms with Gasteiger partial charge in [-0.15, -0.1) is 0 Å². The fraction of sp³-hybridized carbons (Fsp3) is 0.588. The fourth-order valence-corrected chi connectivity index (χ4v) is 5.31. The Labute approximate surface area is 143 Å². The number of carbonyl (C=O) groups excluding carboxylic acids is 1. The Kier molecular flexibility index (Phi) is 5.22. The van der Waals surface area contributed by atoms with Gasteiger partial charge in [0.2, 0.25) is 15.9 Å². The van der Waals surface area contributed by atoms with E-state index in [0.29, 0.717) is 17.1 Å². The first-order valence-electron chi connectivity index (χ1n) is 8.59.